The highest BCUT2D eigenvalue weighted by molar-refractivity contribution is 7.89. The van der Waals surface area contributed by atoms with Gasteiger partial charge in [-0.15, -0.1) is 0 Å². The van der Waals surface area contributed by atoms with Crippen LogP contribution >= 0.6 is 0 Å². The second kappa shape index (κ2) is 4.76. The molecule has 0 bridgehead atoms. The summed E-state index contributed by atoms with van der Waals surface area (Å²) in [5.74, 6) is 0. The van der Waals surface area contributed by atoms with Gasteiger partial charge in [0.15, 0.2) is 0 Å². The first kappa shape index (κ1) is 14.2. The van der Waals surface area contributed by atoms with Crippen molar-refractivity contribution < 1.29 is 13.5 Å². The van der Waals surface area contributed by atoms with E-state index in [4.69, 9.17) is 0 Å². The van der Waals surface area contributed by atoms with Crippen molar-refractivity contribution in [2.24, 2.45) is 0 Å². The number of rotatable bonds is 4. The van der Waals surface area contributed by atoms with Crippen LogP contribution in [-0.4, -0.2) is 37.0 Å². The Bertz CT molecular complexity index is 477. The molecule has 0 aromatic heterocycles. The van der Waals surface area contributed by atoms with Gasteiger partial charge in [0.2, 0.25) is 10.0 Å². The topological polar surface area (TPSA) is 57.6 Å². The van der Waals surface area contributed by atoms with E-state index in [1.165, 1.54) is 11.4 Å². The van der Waals surface area contributed by atoms with Crippen LogP contribution in [0.2, 0.25) is 0 Å². The fraction of sp³-hybridized carbons (Fsp3) is 0.500. The number of sulfonamides is 1. The van der Waals surface area contributed by atoms with Crippen molar-refractivity contribution in [2.75, 3.05) is 13.7 Å². The van der Waals surface area contributed by atoms with Crippen LogP contribution < -0.4 is 0 Å². The van der Waals surface area contributed by atoms with Crippen molar-refractivity contribution in [3.8, 4) is 0 Å². The molecule has 0 amide bonds. The molecule has 0 unspecified atom stereocenters. The van der Waals surface area contributed by atoms with E-state index in [2.05, 4.69) is 0 Å². The lowest BCUT2D eigenvalue weighted by atomic mass is 10.1. The minimum Gasteiger partial charge on any atom is -0.394 e. The van der Waals surface area contributed by atoms with Gasteiger partial charge < -0.3 is 5.11 Å². The van der Waals surface area contributed by atoms with Gasteiger partial charge >= 0.3 is 0 Å². The molecule has 0 aliphatic rings. The minimum absolute atomic E-state index is 0.228. The molecule has 0 heterocycles. The fourth-order valence-corrected chi connectivity index (χ4v) is 2.80. The van der Waals surface area contributed by atoms with Gasteiger partial charge in [-0.1, -0.05) is 17.7 Å². The summed E-state index contributed by atoms with van der Waals surface area (Å²) in [4.78, 5) is 0.243. The molecule has 0 saturated carbocycles. The molecule has 0 fully saturated rings. The first-order valence-electron chi connectivity index (χ1n) is 5.38. The Hall–Kier alpha value is -0.910. The molecule has 0 aliphatic heterocycles. The molecule has 0 spiro atoms. The molecule has 0 radical (unpaired) electrons. The van der Waals surface area contributed by atoms with Crippen LogP contribution in [0, 0.1) is 6.92 Å². The number of hydrogen-bond acceptors (Lipinski definition) is 3. The second-order valence-corrected chi connectivity index (χ2v) is 6.73. The van der Waals surface area contributed by atoms with Crippen molar-refractivity contribution in [1.29, 1.82) is 0 Å². The van der Waals surface area contributed by atoms with Crippen LogP contribution in [0.5, 0.6) is 0 Å². The van der Waals surface area contributed by atoms with Gasteiger partial charge in [0, 0.05) is 7.05 Å². The van der Waals surface area contributed by atoms with E-state index in [0.717, 1.165) is 5.56 Å². The monoisotopic (exact) mass is 257 g/mol. The fourth-order valence-electron chi connectivity index (χ4n) is 1.29. The Labute approximate surface area is 103 Å². The molecule has 1 aromatic carbocycles. The Morgan fingerprint density at radius 3 is 2.12 bits per heavy atom. The van der Waals surface area contributed by atoms with Crippen molar-refractivity contribution in [3.05, 3.63) is 29.8 Å². The lowest BCUT2D eigenvalue weighted by Gasteiger charge is -2.32. The van der Waals surface area contributed by atoms with Crippen LogP contribution in [0.4, 0.5) is 0 Å². The molecule has 1 N–H and O–H groups in total. The lowest BCUT2D eigenvalue weighted by molar-refractivity contribution is 0.138. The normalized spacial score (nSPS) is 13.1. The summed E-state index contributed by atoms with van der Waals surface area (Å²) in [5, 5.41) is 9.21. The van der Waals surface area contributed by atoms with Gasteiger partial charge in [-0.2, -0.15) is 4.31 Å². The number of hydrogen-bond donors (Lipinski definition) is 1. The van der Waals surface area contributed by atoms with Crippen LogP contribution in [0.1, 0.15) is 19.4 Å². The number of likely N-dealkylation sites (N-methyl/N-ethyl adjacent to an activating group) is 1. The molecular formula is C12H19NO3S. The highest BCUT2D eigenvalue weighted by Gasteiger charge is 2.33. The zero-order chi connectivity index (χ0) is 13.3. The van der Waals surface area contributed by atoms with Crippen molar-refractivity contribution in [1.82, 2.24) is 4.31 Å². The summed E-state index contributed by atoms with van der Waals surface area (Å²) in [5.41, 5.74) is 0.192. The van der Waals surface area contributed by atoms with Gasteiger partial charge in [0.1, 0.15) is 0 Å². The predicted octanol–water partition coefficient (Wildman–Crippen LogP) is 1.39. The zero-order valence-electron chi connectivity index (χ0n) is 10.6. The summed E-state index contributed by atoms with van der Waals surface area (Å²) in [6.45, 7) is 5.03. The van der Waals surface area contributed by atoms with Crippen LogP contribution in [0.15, 0.2) is 29.2 Å². The van der Waals surface area contributed by atoms with E-state index < -0.39 is 15.6 Å². The van der Waals surface area contributed by atoms with E-state index in [-0.39, 0.29) is 11.5 Å². The van der Waals surface area contributed by atoms with Gasteiger partial charge in [0.25, 0.3) is 0 Å². The minimum atomic E-state index is -3.55. The summed E-state index contributed by atoms with van der Waals surface area (Å²) >= 11 is 0. The SMILES string of the molecule is Cc1ccc(S(=O)(=O)N(C)C(C)(C)CO)cc1. The summed E-state index contributed by atoms with van der Waals surface area (Å²) in [6, 6.07) is 6.67. The van der Waals surface area contributed by atoms with Crippen molar-refractivity contribution in [2.45, 2.75) is 31.2 Å². The van der Waals surface area contributed by atoms with Gasteiger partial charge in [-0.3, -0.25) is 0 Å². The molecule has 1 rings (SSSR count). The number of aryl methyl sites for hydroxylation is 1. The summed E-state index contributed by atoms with van der Waals surface area (Å²) in [6.07, 6.45) is 0. The summed E-state index contributed by atoms with van der Waals surface area (Å²) in [7, 11) is -2.07. The molecule has 1 aromatic rings. The van der Waals surface area contributed by atoms with Gasteiger partial charge in [-0.05, 0) is 32.9 Å². The molecule has 0 atom stereocenters. The first-order chi connectivity index (χ1) is 7.71. The maximum atomic E-state index is 12.3. The van der Waals surface area contributed by atoms with E-state index >= 15 is 0 Å². The Balaban J connectivity index is 3.16. The number of nitrogens with zero attached hydrogens (tertiary/aromatic N) is 1. The molecule has 96 valence electrons. The van der Waals surface area contributed by atoms with Crippen LogP contribution in [0.25, 0.3) is 0 Å². The van der Waals surface area contributed by atoms with Crippen LogP contribution in [0.3, 0.4) is 0 Å². The van der Waals surface area contributed by atoms with Crippen molar-refractivity contribution in [3.63, 3.8) is 0 Å². The number of aliphatic hydroxyl groups is 1. The Morgan fingerprint density at radius 2 is 1.71 bits per heavy atom. The second-order valence-electron chi connectivity index (χ2n) is 4.76. The Morgan fingerprint density at radius 1 is 1.24 bits per heavy atom. The van der Waals surface area contributed by atoms with E-state index in [0.29, 0.717) is 0 Å². The first-order valence-corrected chi connectivity index (χ1v) is 6.82. The van der Waals surface area contributed by atoms with Crippen LogP contribution in [-0.2, 0) is 10.0 Å². The molecule has 5 heteroatoms. The predicted molar refractivity (Wildman–Crippen MR) is 67.3 cm³/mol. The third kappa shape index (κ3) is 2.86. The largest absolute Gasteiger partial charge is 0.394 e. The quantitative estimate of drug-likeness (QED) is 0.886. The Kier molecular flexibility index (Phi) is 3.96. The molecule has 4 nitrogen and oxygen atoms in total. The lowest BCUT2D eigenvalue weighted by Crippen LogP contribution is -2.47. The average molecular weight is 257 g/mol. The molecule has 17 heavy (non-hydrogen) atoms. The third-order valence-corrected chi connectivity index (χ3v) is 5.00. The smallest absolute Gasteiger partial charge is 0.243 e. The highest BCUT2D eigenvalue weighted by Crippen LogP contribution is 2.22. The third-order valence-electron chi connectivity index (χ3n) is 2.92. The average Bonchev–Trinajstić information content (AvgIpc) is 2.28. The highest BCUT2D eigenvalue weighted by atomic mass is 32.2. The maximum absolute atomic E-state index is 12.3. The number of benzene rings is 1. The van der Waals surface area contributed by atoms with Crippen molar-refractivity contribution >= 4 is 10.0 Å². The van der Waals surface area contributed by atoms with E-state index in [1.807, 2.05) is 6.92 Å². The molecule has 0 aliphatic carbocycles. The number of aliphatic hydroxyl groups excluding tert-OH is 1. The molecule has 0 saturated heterocycles. The summed E-state index contributed by atoms with van der Waals surface area (Å²) < 4.78 is 25.7. The zero-order valence-corrected chi connectivity index (χ0v) is 11.5. The molecular weight excluding hydrogens is 238 g/mol. The van der Waals surface area contributed by atoms with E-state index in [9.17, 15) is 13.5 Å². The maximum Gasteiger partial charge on any atom is 0.243 e. The van der Waals surface area contributed by atoms with Gasteiger partial charge in [0.05, 0.1) is 17.0 Å². The van der Waals surface area contributed by atoms with Gasteiger partial charge in [-0.25, -0.2) is 8.42 Å². The standard InChI is InChI=1S/C12H19NO3S/c1-10-5-7-11(8-6-10)17(15,16)13(4)12(2,3)9-14/h5-8,14H,9H2,1-4H3. The van der Waals surface area contributed by atoms with E-state index in [1.54, 1.807) is 38.1 Å².